The molecule has 0 amide bonds. The van der Waals surface area contributed by atoms with Gasteiger partial charge in [-0.3, -0.25) is 9.78 Å². The van der Waals surface area contributed by atoms with Crippen molar-refractivity contribution in [3.63, 3.8) is 0 Å². The second-order valence-electron chi connectivity index (χ2n) is 5.39. The lowest BCUT2D eigenvalue weighted by Gasteiger charge is -2.16. The van der Waals surface area contributed by atoms with E-state index in [1.807, 2.05) is 45.1 Å². The minimum absolute atomic E-state index is 0.134. The summed E-state index contributed by atoms with van der Waals surface area (Å²) >= 11 is 0. The molecule has 19 heavy (non-hydrogen) atoms. The highest BCUT2D eigenvalue weighted by molar-refractivity contribution is 5.67. The Morgan fingerprint density at radius 1 is 1.26 bits per heavy atom. The zero-order chi connectivity index (χ0) is 13.9. The third-order valence-corrected chi connectivity index (χ3v) is 2.60. The molecule has 0 aromatic carbocycles. The van der Waals surface area contributed by atoms with Gasteiger partial charge in [0, 0.05) is 23.9 Å². The molecule has 0 aliphatic heterocycles. The maximum Gasteiger partial charge on any atom is 0.251 e. The van der Waals surface area contributed by atoms with Crippen LogP contribution >= 0.6 is 0 Å². The number of hydrogen-bond acceptors (Lipinski definition) is 3. The average Bonchev–Trinajstić information content (AvgIpc) is 2.36. The fourth-order valence-corrected chi connectivity index (χ4v) is 1.57. The zero-order valence-electron chi connectivity index (χ0n) is 11.3. The molecule has 4 heteroatoms. The van der Waals surface area contributed by atoms with Gasteiger partial charge in [-0.25, -0.2) is 4.98 Å². The molecular weight excluding hydrogens is 238 g/mol. The van der Waals surface area contributed by atoms with Crippen LogP contribution < -0.4 is 5.56 Å². The molecule has 0 aliphatic rings. The lowest BCUT2D eigenvalue weighted by molar-refractivity contribution is 0.542. The Morgan fingerprint density at radius 2 is 2.05 bits per heavy atom. The first-order valence-corrected chi connectivity index (χ1v) is 6.15. The topological polar surface area (TPSA) is 58.6 Å². The van der Waals surface area contributed by atoms with E-state index in [-0.39, 0.29) is 11.0 Å². The van der Waals surface area contributed by atoms with Crippen LogP contribution in [0, 0.1) is 0 Å². The van der Waals surface area contributed by atoms with Gasteiger partial charge in [0.25, 0.3) is 5.56 Å². The van der Waals surface area contributed by atoms with Crippen LogP contribution in [0.2, 0.25) is 0 Å². The summed E-state index contributed by atoms with van der Waals surface area (Å²) in [5, 5.41) is 0. The first kappa shape index (κ1) is 13.2. The Morgan fingerprint density at radius 3 is 2.68 bits per heavy atom. The number of nitrogens with zero attached hydrogens (tertiary/aromatic N) is 2. The van der Waals surface area contributed by atoms with Crippen LogP contribution in [0.5, 0.6) is 0 Å². The largest absolute Gasteiger partial charge is 0.310 e. The molecule has 2 aromatic heterocycles. The predicted molar refractivity (Wildman–Crippen MR) is 76.7 cm³/mol. The number of H-pyrrole nitrogens is 1. The molecule has 4 nitrogen and oxygen atoms in total. The number of nitrogens with one attached hydrogen (secondary N) is 1. The van der Waals surface area contributed by atoms with Gasteiger partial charge in [-0.15, -0.1) is 0 Å². The second kappa shape index (κ2) is 5.18. The SMILES string of the molecule is CC(C)(C)c1nc(/C=C/c2cccnc2)cc(=O)[nH]1. The maximum atomic E-state index is 11.6. The van der Waals surface area contributed by atoms with Gasteiger partial charge in [-0.2, -0.15) is 0 Å². The van der Waals surface area contributed by atoms with Crippen LogP contribution in [0.3, 0.4) is 0 Å². The lowest BCUT2D eigenvalue weighted by Crippen LogP contribution is -2.22. The van der Waals surface area contributed by atoms with Gasteiger partial charge in [0.05, 0.1) is 5.69 Å². The summed E-state index contributed by atoms with van der Waals surface area (Å²) < 4.78 is 0. The molecule has 1 N–H and O–H groups in total. The molecule has 2 aromatic rings. The standard InChI is InChI=1S/C15H17N3O/c1-15(2,3)14-17-12(9-13(19)18-14)7-6-11-5-4-8-16-10-11/h4-10H,1-3H3,(H,17,18,19)/b7-6+. The normalized spacial score (nSPS) is 11.9. The molecule has 2 rings (SSSR count). The molecule has 0 aliphatic carbocycles. The Labute approximate surface area is 112 Å². The fourth-order valence-electron chi connectivity index (χ4n) is 1.57. The molecular formula is C15H17N3O. The van der Waals surface area contributed by atoms with E-state index in [0.29, 0.717) is 11.5 Å². The van der Waals surface area contributed by atoms with E-state index >= 15 is 0 Å². The van der Waals surface area contributed by atoms with Crippen molar-refractivity contribution in [3.8, 4) is 0 Å². The predicted octanol–water partition coefficient (Wildman–Crippen LogP) is 2.63. The summed E-state index contributed by atoms with van der Waals surface area (Å²) in [6.45, 7) is 6.04. The van der Waals surface area contributed by atoms with Crippen molar-refractivity contribution in [3.05, 3.63) is 58.0 Å². The minimum Gasteiger partial charge on any atom is -0.310 e. The van der Waals surface area contributed by atoms with Crippen molar-refractivity contribution >= 4 is 12.2 Å². The number of aromatic amines is 1. The van der Waals surface area contributed by atoms with E-state index in [2.05, 4.69) is 15.0 Å². The highest BCUT2D eigenvalue weighted by Crippen LogP contribution is 2.17. The smallest absolute Gasteiger partial charge is 0.251 e. The van der Waals surface area contributed by atoms with E-state index in [0.717, 1.165) is 5.56 Å². The van der Waals surface area contributed by atoms with E-state index in [1.54, 1.807) is 12.4 Å². The van der Waals surface area contributed by atoms with Crippen molar-refractivity contribution in [2.75, 3.05) is 0 Å². The van der Waals surface area contributed by atoms with Gasteiger partial charge in [0.2, 0.25) is 0 Å². The first-order valence-electron chi connectivity index (χ1n) is 6.15. The Kier molecular flexibility index (Phi) is 3.60. The maximum absolute atomic E-state index is 11.6. The van der Waals surface area contributed by atoms with Gasteiger partial charge in [0.15, 0.2) is 0 Å². The van der Waals surface area contributed by atoms with Crippen molar-refractivity contribution in [2.24, 2.45) is 0 Å². The molecule has 0 unspecified atom stereocenters. The summed E-state index contributed by atoms with van der Waals surface area (Å²) in [5.74, 6) is 0.686. The quantitative estimate of drug-likeness (QED) is 0.897. The molecule has 0 bridgehead atoms. The molecule has 0 saturated heterocycles. The van der Waals surface area contributed by atoms with Crippen LogP contribution in [0.1, 0.15) is 37.9 Å². The molecule has 2 heterocycles. The van der Waals surface area contributed by atoms with Gasteiger partial charge in [0.1, 0.15) is 5.82 Å². The molecule has 0 spiro atoms. The van der Waals surface area contributed by atoms with E-state index in [4.69, 9.17) is 0 Å². The summed E-state index contributed by atoms with van der Waals surface area (Å²) in [7, 11) is 0. The number of aromatic nitrogens is 3. The van der Waals surface area contributed by atoms with Crippen LogP contribution in [-0.4, -0.2) is 15.0 Å². The van der Waals surface area contributed by atoms with Gasteiger partial charge >= 0.3 is 0 Å². The molecule has 98 valence electrons. The van der Waals surface area contributed by atoms with Crippen molar-refractivity contribution < 1.29 is 0 Å². The first-order chi connectivity index (χ1) is 8.95. The number of pyridine rings is 1. The third kappa shape index (κ3) is 3.61. The van der Waals surface area contributed by atoms with Gasteiger partial charge < -0.3 is 4.98 Å². The summed E-state index contributed by atoms with van der Waals surface area (Å²) in [4.78, 5) is 22.9. The highest BCUT2D eigenvalue weighted by Gasteiger charge is 2.16. The van der Waals surface area contributed by atoms with Gasteiger partial charge in [-0.1, -0.05) is 32.9 Å². The number of hydrogen-bond donors (Lipinski definition) is 1. The van der Waals surface area contributed by atoms with Crippen molar-refractivity contribution in [2.45, 2.75) is 26.2 Å². The highest BCUT2D eigenvalue weighted by atomic mass is 16.1. The average molecular weight is 255 g/mol. The van der Waals surface area contributed by atoms with Crippen LogP contribution in [0.25, 0.3) is 12.2 Å². The summed E-state index contributed by atoms with van der Waals surface area (Å²) in [6, 6.07) is 5.30. The van der Waals surface area contributed by atoms with E-state index < -0.39 is 0 Å². The third-order valence-electron chi connectivity index (χ3n) is 2.60. The molecule has 0 atom stereocenters. The van der Waals surface area contributed by atoms with Crippen LogP contribution in [0.15, 0.2) is 35.4 Å². The Hall–Kier alpha value is -2.23. The van der Waals surface area contributed by atoms with E-state index in [1.165, 1.54) is 6.07 Å². The minimum atomic E-state index is -0.183. The molecule has 0 fully saturated rings. The van der Waals surface area contributed by atoms with Crippen molar-refractivity contribution in [1.82, 2.24) is 15.0 Å². The second-order valence-corrected chi connectivity index (χ2v) is 5.39. The zero-order valence-corrected chi connectivity index (χ0v) is 11.3. The fraction of sp³-hybridized carbons (Fsp3) is 0.267. The Bertz CT molecular complexity index is 636. The molecule has 0 radical (unpaired) electrons. The van der Waals surface area contributed by atoms with Crippen molar-refractivity contribution in [1.29, 1.82) is 0 Å². The van der Waals surface area contributed by atoms with E-state index in [9.17, 15) is 4.79 Å². The number of rotatable bonds is 2. The molecule has 0 saturated carbocycles. The van der Waals surface area contributed by atoms with Gasteiger partial charge in [-0.05, 0) is 17.7 Å². The van der Waals surface area contributed by atoms with Crippen LogP contribution in [0.4, 0.5) is 0 Å². The monoisotopic (exact) mass is 255 g/mol. The summed E-state index contributed by atoms with van der Waals surface area (Å²) in [5.41, 5.74) is 1.31. The van der Waals surface area contributed by atoms with Crippen LogP contribution in [-0.2, 0) is 5.41 Å². The Balaban J connectivity index is 2.34. The summed E-state index contributed by atoms with van der Waals surface area (Å²) in [6.07, 6.45) is 7.19. The lowest BCUT2D eigenvalue weighted by atomic mass is 9.95.